The van der Waals surface area contributed by atoms with Crippen LogP contribution in [0.1, 0.15) is 22.8 Å². The van der Waals surface area contributed by atoms with Gasteiger partial charge in [0, 0.05) is 32.7 Å². The number of aromatic nitrogens is 1. The van der Waals surface area contributed by atoms with Gasteiger partial charge in [-0.15, -0.1) is 23.1 Å². The molecule has 0 saturated heterocycles. The summed E-state index contributed by atoms with van der Waals surface area (Å²) < 4.78 is 10.9. The fourth-order valence-corrected chi connectivity index (χ4v) is 5.89. The van der Waals surface area contributed by atoms with Crippen LogP contribution in [0.25, 0.3) is 17.3 Å². The highest BCUT2D eigenvalue weighted by Crippen LogP contribution is 2.28. The van der Waals surface area contributed by atoms with E-state index in [-0.39, 0.29) is 17.4 Å². The number of thiazole rings is 1. The molecule has 5 rings (SSSR count). The van der Waals surface area contributed by atoms with Gasteiger partial charge >= 0.3 is 0 Å². The van der Waals surface area contributed by atoms with Gasteiger partial charge in [-0.2, -0.15) is 0 Å². The average molecular weight is 665 g/mol. The molecule has 3 amide bonds. The molecule has 0 aliphatic rings. The van der Waals surface area contributed by atoms with Crippen LogP contribution in [0.3, 0.4) is 0 Å². The van der Waals surface area contributed by atoms with Gasteiger partial charge in [0.15, 0.2) is 5.13 Å². The summed E-state index contributed by atoms with van der Waals surface area (Å²) in [6.07, 6.45) is 1.57. The van der Waals surface area contributed by atoms with Crippen LogP contribution in [0.15, 0.2) is 119 Å². The van der Waals surface area contributed by atoms with E-state index in [0.717, 1.165) is 21.9 Å². The van der Waals surface area contributed by atoms with Crippen LogP contribution in [0, 0.1) is 0 Å². The third-order valence-corrected chi connectivity index (χ3v) is 8.39. The molecule has 4 aromatic carbocycles. The Morgan fingerprint density at radius 1 is 0.894 bits per heavy atom. The second kappa shape index (κ2) is 16.3. The molecule has 0 spiro atoms. The molecule has 11 heteroatoms. The third kappa shape index (κ3) is 9.32. The number of nitrogens with one attached hydrogen (secondary N) is 3. The summed E-state index contributed by atoms with van der Waals surface area (Å²) in [7, 11) is 1.54. The fraction of sp³-hybridized carbons (Fsp3) is 0.111. The zero-order valence-corrected chi connectivity index (χ0v) is 27.3. The van der Waals surface area contributed by atoms with Crippen LogP contribution in [0.2, 0.25) is 0 Å². The van der Waals surface area contributed by atoms with Crippen molar-refractivity contribution in [1.82, 2.24) is 10.3 Å². The van der Waals surface area contributed by atoms with Gasteiger partial charge in [-0.1, -0.05) is 42.5 Å². The first-order valence-electron chi connectivity index (χ1n) is 14.7. The van der Waals surface area contributed by atoms with E-state index in [1.165, 1.54) is 30.2 Å². The average Bonchev–Trinajstić information content (AvgIpc) is 3.56. The van der Waals surface area contributed by atoms with Crippen LogP contribution in [-0.2, 0) is 9.59 Å². The highest BCUT2D eigenvalue weighted by molar-refractivity contribution is 8.00. The molecule has 1 aromatic heterocycles. The molecule has 0 aliphatic heterocycles. The number of ether oxygens (including phenoxy) is 2. The van der Waals surface area contributed by atoms with Crippen molar-refractivity contribution < 1.29 is 23.9 Å². The first kappa shape index (κ1) is 33.0. The number of methoxy groups -OCH3 is 1. The van der Waals surface area contributed by atoms with Gasteiger partial charge in [-0.3, -0.25) is 14.4 Å². The number of rotatable bonds is 13. The zero-order chi connectivity index (χ0) is 33.0. The molecule has 0 radical (unpaired) electrons. The summed E-state index contributed by atoms with van der Waals surface area (Å²) in [6.45, 7) is 2.53. The maximum absolute atomic E-state index is 13.5. The molecule has 0 saturated carbocycles. The molecule has 1 heterocycles. The van der Waals surface area contributed by atoms with Gasteiger partial charge in [-0.05, 0) is 73.7 Å². The molecule has 47 heavy (non-hydrogen) atoms. The van der Waals surface area contributed by atoms with E-state index >= 15 is 0 Å². The monoisotopic (exact) mass is 664 g/mol. The Morgan fingerprint density at radius 2 is 1.66 bits per heavy atom. The Labute approximate surface area is 281 Å². The zero-order valence-electron chi connectivity index (χ0n) is 25.7. The minimum absolute atomic E-state index is 0.0360. The Balaban J connectivity index is 1.22. The smallest absolute Gasteiger partial charge is 0.272 e. The van der Waals surface area contributed by atoms with Crippen molar-refractivity contribution >= 4 is 57.7 Å². The molecule has 0 atom stereocenters. The Bertz CT molecular complexity index is 1870. The Kier molecular flexibility index (Phi) is 11.4. The van der Waals surface area contributed by atoms with E-state index in [4.69, 9.17) is 9.47 Å². The summed E-state index contributed by atoms with van der Waals surface area (Å²) >= 11 is 2.67. The molecule has 5 aromatic rings. The van der Waals surface area contributed by atoms with Gasteiger partial charge < -0.3 is 25.4 Å². The van der Waals surface area contributed by atoms with Gasteiger partial charge in [0.25, 0.3) is 11.8 Å². The standard InChI is InChI=1S/C36H32N4O5S2/c1-3-45-28-18-16-24(17-19-28)31-22-47-36(39-31)40-33(41)23-46-29-14-9-13-27(21-29)37-35(43)30(20-26-12-7-8-15-32(26)44-2)38-34(42)25-10-5-4-6-11-25/h4-22H,3,23H2,1-2H3,(H,37,43)(H,38,42)(H,39,40,41)/b30-20+. The van der Waals surface area contributed by atoms with E-state index in [1.807, 2.05) is 60.8 Å². The van der Waals surface area contributed by atoms with Crippen LogP contribution in [0.5, 0.6) is 11.5 Å². The summed E-state index contributed by atoms with van der Waals surface area (Å²) in [6, 6.07) is 30.6. The summed E-state index contributed by atoms with van der Waals surface area (Å²) in [5, 5.41) is 10.9. The van der Waals surface area contributed by atoms with E-state index in [0.29, 0.717) is 34.3 Å². The maximum Gasteiger partial charge on any atom is 0.272 e. The number of carbonyl (C=O) groups is 3. The van der Waals surface area contributed by atoms with Gasteiger partial charge in [0.2, 0.25) is 5.91 Å². The van der Waals surface area contributed by atoms with Crippen molar-refractivity contribution in [2.24, 2.45) is 0 Å². The lowest BCUT2D eigenvalue weighted by atomic mass is 10.1. The highest BCUT2D eigenvalue weighted by Gasteiger charge is 2.17. The minimum atomic E-state index is -0.521. The molecule has 238 valence electrons. The second-order valence-electron chi connectivity index (χ2n) is 9.93. The SMILES string of the molecule is CCOc1ccc(-c2csc(NC(=O)CSc3cccc(NC(=O)/C(=C\c4ccccc4OC)NC(=O)c4ccccc4)c3)n2)cc1. The molecule has 9 nitrogen and oxygen atoms in total. The van der Waals surface area contributed by atoms with E-state index in [1.54, 1.807) is 60.7 Å². The number of hydrogen-bond donors (Lipinski definition) is 3. The van der Waals surface area contributed by atoms with Crippen molar-refractivity contribution in [2.75, 3.05) is 30.1 Å². The number of anilines is 2. The van der Waals surface area contributed by atoms with Crippen molar-refractivity contribution in [3.8, 4) is 22.8 Å². The van der Waals surface area contributed by atoms with Gasteiger partial charge in [0.05, 0.1) is 25.2 Å². The Hall–Kier alpha value is -5.39. The predicted molar refractivity (Wildman–Crippen MR) is 188 cm³/mol. The maximum atomic E-state index is 13.5. The predicted octanol–water partition coefficient (Wildman–Crippen LogP) is 7.36. The summed E-state index contributed by atoms with van der Waals surface area (Å²) in [4.78, 5) is 44.5. The summed E-state index contributed by atoms with van der Waals surface area (Å²) in [5.74, 6) is 0.328. The number of thioether (sulfide) groups is 1. The lowest BCUT2D eigenvalue weighted by Gasteiger charge is -2.13. The number of benzene rings is 4. The van der Waals surface area contributed by atoms with Crippen LogP contribution < -0.4 is 25.4 Å². The van der Waals surface area contributed by atoms with Gasteiger partial charge in [0.1, 0.15) is 17.2 Å². The van der Waals surface area contributed by atoms with Crippen molar-refractivity contribution in [1.29, 1.82) is 0 Å². The van der Waals surface area contributed by atoms with Gasteiger partial charge in [-0.25, -0.2) is 4.98 Å². The fourth-order valence-electron chi connectivity index (χ4n) is 4.40. The van der Waals surface area contributed by atoms with E-state index < -0.39 is 11.8 Å². The molecule has 0 bridgehead atoms. The molecule has 0 fully saturated rings. The number of para-hydroxylation sites is 1. The molecular weight excluding hydrogens is 633 g/mol. The van der Waals surface area contributed by atoms with Crippen LogP contribution in [-0.4, -0.2) is 42.2 Å². The largest absolute Gasteiger partial charge is 0.496 e. The van der Waals surface area contributed by atoms with Crippen LogP contribution in [0.4, 0.5) is 10.8 Å². The quantitative estimate of drug-likeness (QED) is 0.0889. The normalized spacial score (nSPS) is 11.0. The second-order valence-corrected chi connectivity index (χ2v) is 11.8. The minimum Gasteiger partial charge on any atom is -0.496 e. The van der Waals surface area contributed by atoms with Crippen molar-refractivity contribution in [3.63, 3.8) is 0 Å². The van der Waals surface area contributed by atoms with E-state index in [9.17, 15) is 14.4 Å². The lowest BCUT2D eigenvalue weighted by molar-refractivity contribution is -0.114. The molecule has 0 aliphatic carbocycles. The molecular formula is C36H32N4O5S2. The lowest BCUT2D eigenvalue weighted by Crippen LogP contribution is -2.30. The Morgan fingerprint density at radius 3 is 2.43 bits per heavy atom. The molecule has 0 unspecified atom stereocenters. The summed E-state index contributed by atoms with van der Waals surface area (Å²) in [5.41, 5.74) is 3.26. The van der Waals surface area contributed by atoms with Crippen molar-refractivity contribution in [2.45, 2.75) is 11.8 Å². The number of carbonyl (C=O) groups excluding carboxylic acids is 3. The number of hydrogen-bond acceptors (Lipinski definition) is 8. The molecule has 3 N–H and O–H groups in total. The first-order chi connectivity index (χ1) is 22.9. The number of nitrogens with zero attached hydrogens (tertiary/aromatic N) is 1. The topological polar surface area (TPSA) is 119 Å². The van der Waals surface area contributed by atoms with E-state index in [2.05, 4.69) is 20.9 Å². The first-order valence-corrected chi connectivity index (χ1v) is 16.5. The highest BCUT2D eigenvalue weighted by atomic mass is 32.2. The van der Waals surface area contributed by atoms with Crippen molar-refractivity contribution in [3.05, 3.63) is 125 Å². The van der Waals surface area contributed by atoms with Crippen LogP contribution >= 0.6 is 23.1 Å². The third-order valence-electron chi connectivity index (χ3n) is 6.64. The number of amides is 3.